The molecular formula is C21H23FN2O3S. The van der Waals surface area contributed by atoms with E-state index in [1.165, 1.54) is 16.4 Å². The Bertz CT molecular complexity index is 989. The van der Waals surface area contributed by atoms with Gasteiger partial charge in [0.05, 0.1) is 5.75 Å². The number of hydrogen-bond acceptors (Lipinski definition) is 3. The number of amides is 1. The summed E-state index contributed by atoms with van der Waals surface area (Å²) in [6.07, 6.45) is 0.977. The number of carbonyl (C=O) groups excluding carboxylic acids is 1. The third-order valence-electron chi connectivity index (χ3n) is 5.73. The summed E-state index contributed by atoms with van der Waals surface area (Å²) in [6, 6.07) is 13.3. The highest BCUT2D eigenvalue weighted by atomic mass is 32.2. The monoisotopic (exact) mass is 402 g/mol. The van der Waals surface area contributed by atoms with E-state index in [0.29, 0.717) is 38.2 Å². The van der Waals surface area contributed by atoms with Gasteiger partial charge in [-0.25, -0.2) is 17.1 Å². The molecule has 1 spiro atoms. The Morgan fingerprint density at radius 1 is 1.04 bits per heavy atom. The first-order valence-corrected chi connectivity index (χ1v) is 11.0. The molecule has 2 saturated heterocycles. The largest absolute Gasteiger partial charge is 0.312 e. The average Bonchev–Trinajstić information content (AvgIpc) is 3.21. The lowest BCUT2D eigenvalue weighted by Gasteiger charge is -2.24. The second-order valence-corrected chi connectivity index (χ2v) is 9.93. The van der Waals surface area contributed by atoms with E-state index in [9.17, 15) is 17.6 Å². The Labute approximate surface area is 164 Å². The molecule has 0 radical (unpaired) electrons. The quantitative estimate of drug-likeness (QED) is 0.790. The van der Waals surface area contributed by atoms with Gasteiger partial charge in [0.15, 0.2) is 0 Å². The highest BCUT2D eigenvalue weighted by molar-refractivity contribution is 7.88. The van der Waals surface area contributed by atoms with Gasteiger partial charge in [0.1, 0.15) is 5.82 Å². The Morgan fingerprint density at radius 3 is 2.39 bits per heavy atom. The number of anilines is 1. The van der Waals surface area contributed by atoms with Gasteiger partial charge in [0.25, 0.3) is 0 Å². The van der Waals surface area contributed by atoms with Crippen molar-refractivity contribution in [1.82, 2.24) is 4.31 Å². The summed E-state index contributed by atoms with van der Waals surface area (Å²) in [4.78, 5) is 14.2. The van der Waals surface area contributed by atoms with Gasteiger partial charge in [-0.2, -0.15) is 0 Å². The van der Waals surface area contributed by atoms with Gasteiger partial charge < -0.3 is 4.90 Å². The number of sulfonamides is 1. The lowest BCUT2D eigenvalue weighted by atomic mass is 9.86. The van der Waals surface area contributed by atoms with Crippen molar-refractivity contribution in [3.05, 3.63) is 65.5 Å². The molecule has 5 nitrogen and oxygen atoms in total. The molecule has 148 valence electrons. The maximum absolute atomic E-state index is 13.2. The van der Waals surface area contributed by atoms with E-state index in [1.807, 2.05) is 31.2 Å². The van der Waals surface area contributed by atoms with Crippen LogP contribution in [0.2, 0.25) is 0 Å². The van der Waals surface area contributed by atoms with Crippen LogP contribution in [0.15, 0.2) is 48.5 Å². The molecule has 2 aliphatic rings. The summed E-state index contributed by atoms with van der Waals surface area (Å²) in [6.45, 7) is 3.21. The molecule has 1 amide bonds. The van der Waals surface area contributed by atoms with Gasteiger partial charge in [-0.1, -0.05) is 29.8 Å². The van der Waals surface area contributed by atoms with Crippen molar-refractivity contribution in [3.63, 3.8) is 0 Å². The number of benzene rings is 2. The third kappa shape index (κ3) is 3.69. The Balaban J connectivity index is 1.48. The fourth-order valence-electron chi connectivity index (χ4n) is 4.14. The molecule has 2 aliphatic heterocycles. The van der Waals surface area contributed by atoms with Gasteiger partial charge in [-0.3, -0.25) is 4.79 Å². The topological polar surface area (TPSA) is 57.7 Å². The van der Waals surface area contributed by atoms with E-state index in [1.54, 1.807) is 17.0 Å². The molecule has 0 aromatic heterocycles. The minimum Gasteiger partial charge on any atom is -0.312 e. The molecule has 0 saturated carbocycles. The fourth-order valence-corrected chi connectivity index (χ4v) is 5.78. The molecule has 28 heavy (non-hydrogen) atoms. The van der Waals surface area contributed by atoms with Gasteiger partial charge >= 0.3 is 0 Å². The van der Waals surface area contributed by atoms with E-state index in [-0.39, 0.29) is 22.9 Å². The predicted octanol–water partition coefficient (Wildman–Crippen LogP) is 3.09. The second kappa shape index (κ2) is 6.97. The van der Waals surface area contributed by atoms with E-state index >= 15 is 0 Å². The van der Waals surface area contributed by atoms with Gasteiger partial charge in [0, 0.05) is 37.2 Å². The summed E-state index contributed by atoms with van der Waals surface area (Å²) in [5.74, 6) is -0.414. The molecule has 7 heteroatoms. The predicted molar refractivity (Wildman–Crippen MR) is 106 cm³/mol. The lowest BCUT2D eigenvalue weighted by molar-refractivity contribution is -0.117. The number of nitrogens with zero attached hydrogens (tertiary/aromatic N) is 2. The molecule has 2 aromatic carbocycles. The highest BCUT2D eigenvalue weighted by Gasteiger charge is 2.50. The second-order valence-electron chi connectivity index (χ2n) is 7.96. The Hall–Kier alpha value is -2.25. The van der Waals surface area contributed by atoms with Crippen LogP contribution in [0.1, 0.15) is 24.0 Å². The lowest BCUT2D eigenvalue weighted by Crippen LogP contribution is -2.34. The van der Waals surface area contributed by atoms with Gasteiger partial charge in [-0.05, 0) is 43.2 Å². The van der Waals surface area contributed by atoms with Crippen LogP contribution in [0.25, 0.3) is 0 Å². The van der Waals surface area contributed by atoms with Crippen LogP contribution in [0.5, 0.6) is 0 Å². The molecule has 2 fully saturated rings. The van der Waals surface area contributed by atoms with Crippen LogP contribution >= 0.6 is 0 Å². The normalized spacial score (nSPS) is 23.1. The zero-order valence-electron chi connectivity index (χ0n) is 15.8. The maximum atomic E-state index is 13.2. The molecular weight excluding hydrogens is 379 g/mol. The van der Waals surface area contributed by atoms with Crippen molar-refractivity contribution in [1.29, 1.82) is 0 Å². The fraction of sp³-hybridized carbons (Fsp3) is 0.381. The van der Waals surface area contributed by atoms with Crippen LogP contribution in [0, 0.1) is 18.2 Å². The van der Waals surface area contributed by atoms with E-state index in [4.69, 9.17) is 0 Å². The van der Waals surface area contributed by atoms with Crippen LogP contribution in [-0.2, 0) is 20.6 Å². The molecule has 0 aliphatic carbocycles. The maximum Gasteiger partial charge on any atom is 0.227 e. The zero-order chi connectivity index (χ0) is 19.9. The number of halogens is 1. The molecule has 0 bridgehead atoms. The summed E-state index contributed by atoms with van der Waals surface area (Å²) in [7, 11) is -3.44. The average molecular weight is 402 g/mol. The smallest absolute Gasteiger partial charge is 0.227 e. The third-order valence-corrected chi connectivity index (χ3v) is 7.52. The molecule has 1 atom stereocenters. The number of rotatable bonds is 4. The number of hydrogen-bond donors (Lipinski definition) is 0. The molecule has 4 rings (SSSR count). The summed E-state index contributed by atoms with van der Waals surface area (Å²) in [5.41, 5.74) is 2.14. The standard InChI is InChI=1S/C21H23FN2O3S/c1-16-2-4-17(5-3-16)13-28(26,27)23-11-10-21(14-23)12-20(25)24(15-21)19-8-6-18(22)7-9-19/h2-9H,10-15H2,1H3/t21-/m0/s1. The Morgan fingerprint density at radius 2 is 1.71 bits per heavy atom. The number of aryl methyl sites for hydroxylation is 1. The van der Waals surface area contributed by atoms with Crippen molar-refractivity contribution < 1.29 is 17.6 Å². The molecule has 0 N–H and O–H groups in total. The summed E-state index contributed by atoms with van der Waals surface area (Å²) in [5, 5.41) is 0. The minimum absolute atomic E-state index is 0.0288. The minimum atomic E-state index is -3.44. The number of carbonyl (C=O) groups is 1. The van der Waals surface area contributed by atoms with Crippen molar-refractivity contribution in [2.75, 3.05) is 24.5 Å². The van der Waals surface area contributed by atoms with Crippen molar-refractivity contribution in [2.24, 2.45) is 5.41 Å². The van der Waals surface area contributed by atoms with E-state index < -0.39 is 10.0 Å². The Kier molecular flexibility index (Phi) is 4.75. The zero-order valence-corrected chi connectivity index (χ0v) is 16.6. The summed E-state index contributed by atoms with van der Waals surface area (Å²) >= 11 is 0. The van der Waals surface area contributed by atoms with Crippen LogP contribution < -0.4 is 4.90 Å². The SMILES string of the molecule is Cc1ccc(CS(=O)(=O)N2CC[C@]3(CC(=O)N(c4ccc(F)cc4)C3)C2)cc1. The van der Waals surface area contributed by atoms with Crippen LogP contribution in [0.4, 0.5) is 10.1 Å². The molecule has 0 unspecified atom stereocenters. The molecule has 2 aromatic rings. The van der Waals surface area contributed by atoms with Crippen LogP contribution in [0.3, 0.4) is 0 Å². The van der Waals surface area contributed by atoms with Crippen molar-refractivity contribution in [2.45, 2.75) is 25.5 Å². The van der Waals surface area contributed by atoms with Gasteiger partial charge in [0.2, 0.25) is 15.9 Å². The van der Waals surface area contributed by atoms with E-state index in [0.717, 1.165) is 11.1 Å². The first-order chi connectivity index (χ1) is 13.3. The van der Waals surface area contributed by atoms with Crippen molar-refractivity contribution >= 4 is 21.6 Å². The first kappa shape index (κ1) is 19.1. The van der Waals surface area contributed by atoms with Crippen LogP contribution in [-0.4, -0.2) is 38.3 Å². The van der Waals surface area contributed by atoms with Gasteiger partial charge in [-0.15, -0.1) is 0 Å². The van der Waals surface area contributed by atoms with E-state index in [2.05, 4.69) is 0 Å². The first-order valence-electron chi connectivity index (χ1n) is 9.36. The molecule has 2 heterocycles. The van der Waals surface area contributed by atoms with Crippen molar-refractivity contribution in [3.8, 4) is 0 Å². The summed E-state index contributed by atoms with van der Waals surface area (Å²) < 4.78 is 40.5. The highest BCUT2D eigenvalue weighted by Crippen LogP contribution is 2.42.